The lowest BCUT2D eigenvalue weighted by Crippen LogP contribution is -2.17. The van der Waals surface area contributed by atoms with Crippen molar-refractivity contribution in [3.8, 4) is 5.69 Å². The number of benzene rings is 2. The van der Waals surface area contributed by atoms with E-state index in [0.29, 0.717) is 11.0 Å². The van der Waals surface area contributed by atoms with Gasteiger partial charge in [0.05, 0.1) is 16.7 Å². The first kappa shape index (κ1) is 12.7. The van der Waals surface area contributed by atoms with E-state index in [-0.39, 0.29) is 11.5 Å². The van der Waals surface area contributed by atoms with Crippen molar-refractivity contribution in [2.45, 2.75) is 20.3 Å². The van der Waals surface area contributed by atoms with Crippen molar-refractivity contribution >= 4 is 11.0 Å². The number of halogens is 1. The van der Waals surface area contributed by atoms with Crippen molar-refractivity contribution in [1.29, 1.82) is 0 Å². The summed E-state index contributed by atoms with van der Waals surface area (Å²) in [4.78, 5) is 15.0. The highest BCUT2D eigenvalue weighted by Gasteiger charge is 2.14. The van der Waals surface area contributed by atoms with E-state index >= 15 is 0 Å². The number of para-hydroxylation sites is 1. The molecule has 3 nitrogen and oxygen atoms in total. The molecular formula is C16H15FN2O. The first-order valence-electron chi connectivity index (χ1n) is 6.61. The van der Waals surface area contributed by atoms with E-state index in [1.54, 1.807) is 10.6 Å². The minimum absolute atomic E-state index is 0.241. The summed E-state index contributed by atoms with van der Waals surface area (Å²) in [7, 11) is 0. The first-order chi connectivity index (χ1) is 9.61. The predicted molar refractivity (Wildman–Crippen MR) is 78.0 cm³/mol. The molecule has 0 atom stereocenters. The van der Waals surface area contributed by atoms with Crippen molar-refractivity contribution < 1.29 is 4.39 Å². The molecule has 3 rings (SSSR count). The Kier molecular flexibility index (Phi) is 2.93. The van der Waals surface area contributed by atoms with Gasteiger partial charge in [-0.1, -0.05) is 25.1 Å². The SMILES string of the molecule is CCc1cccc(C)c1-n1c(=O)[nH]c2cc(F)ccc21. The van der Waals surface area contributed by atoms with Crippen LogP contribution in [0.25, 0.3) is 16.7 Å². The molecule has 0 saturated carbocycles. The molecule has 0 aliphatic carbocycles. The third kappa shape index (κ3) is 1.84. The zero-order chi connectivity index (χ0) is 14.3. The third-order valence-electron chi connectivity index (χ3n) is 3.57. The fourth-order valence-corrected chi connectivity index (χ4v) is 2.63. The number of hydrogen-bond acceptors (Lipinski definition) is 1. The zero-order valence-electron chi connectivity index (χ0n) is 11.4. The molecule has 0 aliphatic rings. The Labute approximate surface area is 115 Å². The van der Waals surface area contributed by atoms with Crippen LogP contribution in [-0.2, 0) is 6.42 Å². The van der Waals surface area contributed by atoms with Crippen LogP contribution in [0, 0.1) is 12.7 Å². The molecule has 1 heterocycles. The van der Waals surface area contributed by atoms with Gasteiger partial charge in [-0.15, -0.1) is 0 Å². The molecule has 3 aromatic rings. The molecular weight excluding hydrogens is 255 g/mol. The van der Waals surface area contributed by atoms with Crippen LogP contribution in [0.2, 0.25) is 0 Å². The highest BCUT2D eigenvalue weighted by molar-refractivity contribution is 5.78. The van der Waals surface area contributed by atoms with Gasteiger partial charge in [-0.3, -0.25) is 4.57 Å². The average Bonchev–Trinajstić information content (AvgIpc) is 2.73. The number of nitrogens with one attached hydrogen (secondary N) is 1. The maximum absolute atomic E-state index is 13.3. The topological polar surface area (TPSA) is 37.8 Å². The fraction of sp³-hybridized carbons (Fsp3) is 0.188. The minimum atomic E-state index is -0.355. The second kappa shape index (κ2) is 4.63. The molecule has 1 N–H and O–H groups in total. The van der Waals surface area contributed by atoms with E-state index in [2.05, 4.69) is 11.9 Å². The number of aromatic nitrogens is 2. The van der Waals surface area contributed by atoms with Crippen molar-refractivity contribution in [2.75, 3.05) is 0 Å². The van der Waals surface area contributed by atoms with E-state index in [4.69, 9.17) is 0 Å². The van der Waals surface area contributed by atoms with Gasteiger partial charge in [-0.05, 0) is 42.7 Å². The molecule has 0 amide bonds. The van der Waals surface area contributed by atoms with Crippen molar-refractivity contribution in [1.82, 2.24) is 9.55 Å². The highest BCUT2D eigenvalue weighted by Crippen LogP contribution is 2.23. The predicted octanol–water partition coefficient (Wildman–Crippen LogP) is 3.33. The summed E-state index contributed by atoms with van der Waals surface area (Å²) < 4.78 is 14.9. The van der Waals surface area contributed by atoms with Gasteiger partial charge >= 0.3 is 5.69 Å². The Morgan fingerprint density at radius 3 is 2.80 bits per heavy atom. The molecule has 102 valence electrons. The molecule has 0 unspecified atom stereocenters. The first-order valence-corrected chi connectivity index (χ1v) is 6.61. The van der Waals surface area contributed by atoms with E-state index < -0.39 is 0 Å². The number of H-pyrrole nitrogens is 1. The summed E-state index contributed by atoms with van der Waals surface area (Å²) >= 11 is 0. The third-order valence-corrected chi connectivity index (χ3v) is 3.57. The number of nitrogens with zero attached hydrogens (tertiary/aromatic N) is 1. The number of aryl methyl sites for hydroxylation is 2. The van der Waals surface area contributed by atoms with Crippen LogP contribution >= 0.6 is 0 Å². The number of imidazole rings is 1. The Hall–Kier alpha value is -2.36. The van der Waals surface area contributed by atoms with Crippen LogP contribution in [0.1, 0.15) is 18.1 Å². The van der Waals surface area contributed by atoms with Crippen LogP contribution in [0.5, 0.6) is 0 Å². The zero-order valence-corrected chi connectivity index (χ0v) is 11.4. The molecule has 1 aromatic heterocycles. The molecule has 0 radical (unpaired) electrons. The number of hydrogen-bond donors (Lipinski definition) is 1. The lowest BCUT2D eigenvalue weighted by atomic mass is 10.1. The Morgan fingerprint density at radius 1 is 1.25 bits per heavy atom. The molecule has 0 spiro atoms. The molecule has 2 aromatic carbocycles. The summed E-state index contributed by atoms with van der Waals surface area (Å²) in [5, 5.41) is 0. The van der Waals surface area contributed by atoms with Crippen molar-refractivity contribution in [2.24, 2.45) is 0 Å². The largest absolute Gasteiger partial charge is 0.331 e. The highest BCUT2D eigenvalue weighted by atomic mass is 19.1. The maximum atomic E-state index is 13.3. The average molecular weight is 270 g/mol. The van der Waals surface area contributed by atoms with Gasteiger partial charge in [0.1, 0.15) is 5.82 Å². The summed E-state index contributed by atoms with van der Waals surface area (Å²) in [6, 6.07) is 10.3. The van der Waals surface area contributed by atoms with E-state index in [1.165, 1.54) is 12.1 Å². The molecule has 0 saturated heterocycles. The monoisotopic (exact) mass is 270 g/mol. The molecule has 20 heavy (non-hydrogen) atoms. The summed E-state index contributed by atoms with van der Waals surface area (Å²) in [5.74, 6) is -0.355. The van der Waals surface area contributed by atoms with Gasteiger partial charge in [0, 0.05) is 0 Å². The fourth-order valence-electron chi connectivity index (χ4n) is 2.63. The summed E-state index contributed by atoms with van der Waals surface area (Å²) in [5.41, 5.74) is 3.97. The minimum Gasteiger partial charge on any atom is -0.305 e. The van der Waals surface area contributed by atoms with Crippen molar-refractivity contribution in [3.63, 3.8) is 0 Å². The van der Waals surface area contributed by atoms with Gasteiger partial charge < -0.3 is 4.98 Å². The van der Waals surface area contributed by atoms with Gasteiger partial charge in [0.2, 0.25) is 0 Å². The Balaban J connectivity index is 2.41. The van der Waals surface area contributed by atoms with Crippen LogP contribution in [-0.4, -0.2) is 9.55 Å². The number of rotatable bonds is 2. The summed E-state index contributed by atoms with van der Waals surface area (Å²) in [6.45, 7) is 4.03. The van der Waals surface area contributed by atoms with Crippen LogP contribution in [0.3, 0.4) is 0 Å². The molecule has 0 aliphatic heterocycles. The number of aromatic amines is 1. The van der Waals surface area contributed by atoms with Gasteiger partial charge in [0.25, 0.3) is 0 Å². The Bertz CT molecular complexity index is 845. The van der Waals surface area contributed by atoms with Gasteiger partial charge in [-0.25, -0.2) is 9.18 Å². The lowest BCUT2D eigenvalue weighted by molar-refractivity contribution is 0.629. The van der Waals surface area contributed by atoms with Crippen molar-refractivity contribution in [3.05, 3.63) is 63.8 Å². The maximum Gasteiger partial charge on any atom is 0.331 e. The van der Waals surface area contributed by atoms with E-state index in [1.807, 2.05) is 25.1 Å². The standard InChI is InChI=1S/C16H15FN2O/c1-3-11-6-4-5-10(2)15(11)19-14-8-7-12(17)9-13(14)18-16(19)20/h4-9H,3H2,1-2H3,(H,18,20). The Morgan fingerprint density at radius 2 is 2.05 bits per heavy atom. The van der Waals surface area contributed by atoms with Gasteiger partial charge in [0.15, 0.2) is 0 Å². The smallest absolute Gasteiger partial charge is 0.305 e. The second-order valence-corrected chi connectivity index (χ2v) is 4.86. The molecule has 0 fully saturated rings. The van der Waals surface area contributed by atoms with Crippen LogP contribution in [0.15, 0.2) is 41.2 Å². The normalized spacial score (nSPS) is 11.2. The second-order valence-electron chi connectivity index (χ2n) is 4.86. The molecule has 0 bridgehead atoms. The number of fused-ring (bicyclic) bond motifs is 1. The van der Waals surface area contributed by atoms with Crippen LogP contribution < -0.4 is 5.69 Å². The quantitative estimate of drug-likeness (QED) is 0.762. The van der Waals surface area contributed by atoms with E-state index in [9.17, 15) is 9.18 Å². The van der Waals surface area contributed by atoms with Gasteiger partial charge in [-0.2, -0.15) is 0 Å². The van der Waals surface area contributed by atoms with E-state index in [0.717, 1.165) is 23.2 Å². The van der Waals surface area contributed by atoms with Crippen LogP contribution in [0.4, 0.5) is 4.39 Å². The molecule has 4 heteroatoms. The summed E-state index contributed by atoms with van der Waals surface area (Å²) in [6.07, 6.45) is 0.831. The lowest BCUT2D eigenvalue weighted by Gasteiger charge is -2.12.